The molecule has 9 heteroatoms. The standard InChI is InChI=1S/C9H7BrN2O4S.Na/c10-7-3-1-6(2-4-7)9-12-11-8(16-9)5-17(13,14)15;/h1-4H,5H2,(H,13,14,15);/q;+1/p-1. The van der Waals surface area contributed by atoms with Gasteiger partial charge in [0.25, 0.3) is 0 Å². The van der Waals surface area contributed by atoms with E-state index in [1.807, 2.05) is 0 Å². The molecule has 0 atom stereocenters. The van der Waals surface area contributed by atoms with Crippen molar-refractivity contribution in [1.82, 2.24) is 10.2 Å². The van der Waals surface area contributed by atoms with Crippen LogP contribution in [-0.2, 0) is 15.9 Å². The third-order valence-corrected chi connectivity index (χ3v) is 2.99. The Labute approximate surface area is 134 Å². The maximum Gasteiger partial charge on any atom is 1.00 e. The van der Waals surface area contributed by atoms with E-state index in [9.17, 15) is 13.0 Å². The zero-order valence-corrected chi connectivity index (χ0v) is 13.7. The Bertz CT molecular complexity index is 626. The molecule has 0 fully saturated rings. The second-order valence-electron chi connectivity index (χ2n) is 3.21. The van der Waals surface area contributed by atoms with Crippen LogP contribution < -0.4 is 29.6 Å². The van der Waals surface area contributed by atoms with Crippen molar-refractivity contribution in [2.24, 2.45) is 0 Å². The van der Waals surface area contributed by atoms with Gasteiger partial charge in [-0.3, -0.25) is 0 Å². The van der Waals surface area contributed by atoms with Gasteiger partial charge in [-0.05, 0) is 24.3 Å². The van der Waals surface area contributed by atoms with E-state index in [2.05, 4.69) is 26.1 Å². The fourth-order valence-electron chi connectivity index (χ4n) is 1.17. The number of nitrogens with zero attached hydrogens (tertiary/aromatic N) is 2. The molecule has 18 heavy (non-hydrogen) atoms. The first-order valence-corrected chi connectivity index (χ1v) is 6.83. The van der Waals surface area contributed by atoms with Gasteiger partial charge in [0.2, 0.25) is 11.8 Å². The summed E-state index contributed by atoms with van der Waals surface area (Å²) < 4.78 is 37.5. The zero-order valence-electron chi connectivity index (χ0n) is 9.33. The normalized spacial score (nSPS) is 11.0. The summed E-state index contributed by atoms with van der Waals surface area (Å²) >= 11 is 3.28. The summed E-state index contributed by atoms with van der Waals surface area (Å²) in [5, 5.41) is 7.16. The predicted octanol–water partition coefficient (Wildman–Crippen LogP) is -1.45. The molecule has 0 spiro atoms. The maximum atomic E-state index is 10.5. The molecule has 0 unspecified atom stereocenters. The molecule has 0 aliphatic rings. The van der Waals surface area contributed by atoms with Crippen LogP contribution in [-0.4, -0.2) is 23.2 Å². The van der Waals surface area contributed by atoms with E-state index in [0.29, 0.717) is 5.56 Å². The topological polar surface area (TPSA) is 96.1 Å². The minimum Gasteiger partial charge on any atom is -0.748 e. The van der Waals surface area contributed by atoms with E-state index < -0.39 is 15.9 Å². The number of hydrogen-bond donors (Lipinski definition) is 0. The molecular weight excluding hydrogens is 335 g/mol. The summed E-state index contributed by atoms with van der Waals surface area (Å²) in [6.45, 7) is 0. The fraction of sp³-hybridized carbons (Fsp3) is 0.111. The molecule has 0 saturated heterocycles. The second kappa shape index (κ2) is 6.27. The summed E-state index contributed by atoms with van der Waals surface area (Å²) in [4.78, 5) is 0. The Kier molecular flexibility index (Phi) is 5.50. The Morgan fingerprint density at radius 2 is 1.83 bits per heavy atom. The monoisotopic (exact) mass is 340 g/mol. The van der Waals surface area contributed by atoms with E-state index in [1.165, 1.54) is 0 Å². The van der Waals surface area contributed by atoms with Crippen LogP contribution in [0.25, 0.3) is 11.5 Å². The summed E-state index contributed by atoms with van der Waals surface area (Å²) in [5.41, 5.74) is 0.648. The van der Waals surface area contributed by atoms with Crippen molar-refractivity contribution in [2.45, 2.75) is 5.75 Å². The van der Waals surface area contributed by atoms with E-state index in [1.54, 1.807) is 24.3 Å². The molecule has 1 aromatic carbocycles. The molecule has 0 aliphatic carbocycles. The van der Waals surface area contributed by atoms with Gasteiger partial charge in [0.05, 0.1) is 0 Å². The average Bonchev–Trinajstić information content (AvgIpc) is 2.64. The van der Waals surface area contributed by atoms with Gasteiger partial charge < -0.3 is 8.97 Å². The van der Waals surface area contributed by atoms with Crippen LogP contribution in [0.1, 0.15) is 5.89 Å². The molecule has 0 aliphatic heterocycles. The Hall–Kier alpha value is -0.250. The zero-order chi connectivity index (χ0) is 12.5. The third-order valence-electron chi connectivity index (χ3n) is 1.86. The smallest absolute Gasteiger partial charge is 0.748 e. The van der Waals surface area contributed by atoms with Gasteiger partial charge in [0.15, 0.2) is 0 Å². The Balaban J connectivity index is 0.00000162. The summed E-state index contributed by atoms with van der Waals surface area (Å²) in [5.74, 6) is -0.828. The largest absolute Gasteiger partial charge is 1.00 e. The van der Waals surface area contributed by atoms with Gasteiger partial charge in [0, 0.05) is 10.0 Å². The second-order valence-corrected chi connectivity index (χ2v) is 5.53. The van der Waals surface area contributed by atoms with Gasteiger partial charge in [-0.2, -0.15) is 0 Å². The van der Waals surface area contributed by atoms with Gasteiger partial charge in [0.1, 0.15) is 15.9 Å². The molecular formula is C9H6BrN2NaO4S. The number of halogens is 1. The van der Waals surface area contributed by atoms with Gasteiger partial charge in [-0.1, -0.05) is 15.9 Å². The molecule has 2 rings (SSSR count). The SMILES string of the molecule is O=S(=O)([O-])Cc1nnc(-c2ccc(Br)cc2)o1.[Na+]. The Morgan fingerprint density at radius 3 is 2.39 bits per heavy atom. The molecule has 0 saturated carbocycles. The third kappa shape index (κ3) is 4.45. The van der Waals surface area contributed by atoms with Crippen molar-refractivity contribution in [3.63, 3.8) is 0 Å². The summed E-state index contributed by atoms with van der Waals surface area (Å²) in [7, 11) is -4.41. The maximum absolute atomic E-state index is 10.5. The summed E-state index contributed by atoms with van der Waals surface area (Å²) in [6.07, 6.45) is 0. The minimum absolute atomic E-state index is 0. The number of hydrogen-bond acceptors (Lipinski definition) is 6. The molecule has 0 bridgehead atoms. The van der Waals surface area contributed by atoms with Crippen molar-refractivity contribution < 1.29 is 46.9 Å². The van der Waals surface area contributed by atoms with Gasteiger partial charge in [-0.15, -0.1) is 10.2 Å². The predicted molar refractivity (Wildman–Crippen MR) is 60.8 cm³/mol. The molecule has 1 heterocycles. The van der Waals surface area contributed by atoms with Gasteiger partial charge >= 0.3 is 29.6 Å². The first-order valence-electron chi connectivity index (χ1n) is 4.46. The number of aromatic nitrogens is 2. The molecule has 0 radical (unpaired) electrons. The van der Waals surface area contributed by atoms with E-state index >= 15 is 0 Å². The first-order chi connectivity index (χ1) is 7.94. The molecule has 2 aromatic rings. The van der Waals surface area contributed by atoms with Crippen molar-refractivity contribution in [3.8, 4) is 11.5 Å². The number of rotatable bonds is 3. The number of benzene rings is 1. The minimum atomic E-state index is -4.41. The fourth-order valence-corrected chi connectivity index (χ4v) is 1.86. The van der Waals surface area contributed by atoms with E-state index in [0.717, 1.165) is 4.47 Å². The Morgan fingerprint density at radius 1 is 1.22 bits per heavy atom. The van der Waals surface area contributed by atoms with Crippen molar-refractivity contribution >= 4 is 26.0 Å². The van der Waals surface area contributed by atoms with Crippen LogP contribution in [0.2, 0.25) is 0 Å². The van der Waals surface area contributed by atoms with Crippen LogP contribution in [0.15, 0.2) is 33.2 Å². The van der Waals surface area contributed by atoms with Crippen molar-refractivity contribution in [3.05, 3.63) is 34.6 Å². The van der Waals surface area contributed by atoms with Crippen molar-refractivity contribution in [2.75, 3.05) is 0 Å². The van der Waals surface area contributed by atoms with Crippen LogP contribution in [0.4, 0.5) is 0 Å². The molecule has 90 valence electrons. The average molecular weight is 341 g/mol. The quantitative estimate of drug-likeness (QED) is 0.501. The van der Waals surface area contributed by atoms with Gasteiger partial charge in [-0.25, -0.2) is 8.42 Å². The molecule has 6 nitrogen and oxygen atoms in total. The van der Waals surface area contributed by atoms with Crippen LogP contribution in [0.5, 0.6) is 0 Å². The molecule has 1 aromatic heterocycles. The first kappa shape index (κ1) is 15.8. The van der Waals surface area contributed by atoms with Crippen LogP contribution in [0, 0.1) is 0 Å². The molecule has 0 N–H and O–H groups in total. The van der Waals surface area contributed by atoms with Crippen LogP contribution in [0.3, 0.4) is 0 Å². The van der Waals surface area contributed by atoms with Crippen LogP contribution >= 0.6 is 15.9 Å². The molecule has 0 amide bonds. The van der Waals surface area contributed by atoms with Crippen molar-refractivity contribution in [1.29, 1.82) is 0 Å². The summed E-state index contributed by atoms with van der Waals surface area (Å²) in [6, 6.07) is 7.02. The van der Waals surface area contributed by atoms with E-state index in [4.69, 9.17) is 4.42 Å². The van der Waals surface area contributed by atoms with E-state index in [-0.39, 0.29) is 41.3 Å².